The number of rotatable bonds is 11. The Morgan fingerprint density at radius 1 is 0.395 bits per heavy atom. The Labute approximate surface area is 254 Å². The Hall–Kier alpha value is -5.38. The van der Waals surface area contributed by atoms with Gasteiger partial charge >= 0.3 is 0 Å². The number of nitrogens with zero attached hydrogens (tertiary/aromatic N) is 2. The van der Waals surface area contributed by atoms with E-state index in [0.29, 0.717) is 13.2 Å². The molecule has 0 bridgehead atoms. The molecular weight excluding hydrogens is 524 g/mol. The number of hydrogen-bond acceptors (Lipinski definition) is 3. The van der Waals surface area contributed by atoms with Crippen molar-refractivity contribution in [2.24, 2.45) is 0 Å². The smallest absolute Gasteiger partial charge is 0.0721 e. The summed E-state index contributed by atoms with van der Waals surface area (Å²) in [5, 5.41) is 0. The molecule has 0 aliphatic carbocycles. The molecule has 0 amide bonds. The van der Waals surface area contributed by atoms with Gasteiger partial charge in [0.05, 0.1) is 13.2 Å². The second-order valence-electron chi connectivity index (χ2n) is 10.3. The molecule has 6 aromatic rings. The maximum Gasteiger partial charge on any atom is 0.0721 e. The Morgan fingerprint density at radius 3 is 1.05 bits per heavy atom. The van der Waals surface area contributed by atoms with Gasteiger partial charge in [0.25, 0.3) is 0 Å². The fourth-order valence-corrected chi connectivity index (χ4v) is 5.15. The van der Waals surface area contributed by atoms with Gasteiger partial charge in [0.1, 0.15) is 0 Å². The van der Waals surface area contributed by atoms with Crippen LogP contribution in [0.5, 0.6) is 0 Å². The summed E-state index contributed by atoms with van der Waals surface area (Å²) in [6.45, 7) is 4.95. The predicted octanol–water partition coefficient (Wildman–Crippen LogP) is 11.0. The van der Waals surface area contributed by atoms with Crippen molar-refractivity contribution in [1.29, 1.82) is 0 Å². The van der Waals surface area contributed by atoms with E-state index in [4.69, 9.17) is 4.74 Å². The molecular formula is C40H34N2O. The third-order valence-electron chi connectivity index (χ3n) is 7.36. The first-order valence-electron chi connectivity index (χ1n) is 14.5. The van der Waals surface area contributed by atoms with E-state index in [1.54, 1.807) is 0 Å². The zero-order chi connectivity index (χ0) is 29.3. The predicted molar refractivity (Wildman–Crippen MR) is 181 cm³/mol. The first-order valence-corrected chi connectivity index (χ1v) is 14.5. The lowest BCUT2D eigenvalue weighted by atomic mass is 10.1. The molecule has 6 rings (SSSR count). The van der Waals surface area contributed by atoms with Gasteiger partial charge < -0.3 is 14.5 Å². The van der Waals surface area contributed by atoms with E-state index in [9.17, 15) is 0 Å². The molecule has 0 fully saturated rings. The lowest BCUT2D eigenvalue weighted by Gasteiger charge is -2.28. The molecule has 0 saturated carbocycles. The van der Waals surface area contributed by atoms with E-state index in [1.165, 1.54) is 0 Å². The van der Waals surface area contributed by atoms with E-state index in [0.717, 1.165) is 50.8 Å². The molecule has 0 unspecified atom stereocenters. The maximum atomic E-state index is 6.01. The molecule has 3 heteroatoms. The number of benzene rings is 6. The van der Waals surface area contributed by atoms with Gasteiger partial charge in [-0.3, -0.25) is 0 Å². The minimum absolute atomic E-state index is 0.554. The maximum absolute atomic E-state index is 6.01. The summed E-state index contributed by atoms with van der Waals surface area (Å²) in [5.74, 6) is 0. The average Bonchev–Trinajstić information content (AvgIpc) is 3.08. The van der Waals surface area contributed by atoms with Crippen molar-refractivity contribution in [1.82, 2.24) is 0 Å². The number of hydrogen-bond donors (Lipinski definition) is 0. The SMILES string of the molecule is C=Cc1ccc(COCc2ccc(N(c3ccccc3)c3ccc(N(c4ccccc4)c4ccccc4)cc3)cc2)cc1. The van der Waals surface area contributed by atoms with Gasteiger partial charge in [0.2, 0.25) is 0 Å². The zero-order valence-corrected chi connectivity index (χ0v) is 24.1. The van der Waals surface area contributed by atoms with Gasteiger partial charge in [-0.1, -0.05) is 104 Å². The number of para-hydroxylation sites is 3. The third-order valence-corrected chi connectivity index (χ3v) is 7.36. The van der Waals surface area contributed by atoms with Crippen LogP contribution in [0.3, 0.4) is 0 Å². The molecule has 3 nitrogen and oxygen atoms in total. The monoisotopic (exact) mass is 558 g/mol. The van der Waals surface area contributed by atoms with E-state index < -0.39 is 0 Å². The van der Waals surface area contributed by atoms with E-state index in [1.807, 2.05) is 24.3 Å². The van der Waals surface area contributed by atoms with Crippen LogP contribution in [-0.2, 0) is 18.0 Å². The van der Waals surface area contributed by atoms with Crippen LogP contribution in [0.4, 0.5) is 34.1 Å². The molecule has 0 aliphatic heterocycles. The Bertz CT molecular complexity index is 1680. The minimum Gasteiger partial charge on any atom is -0.372 e. The Kier molecular flexibility index (Phi) is 8.73. The summed E-state index contributed by atoms with van der Waals surface area (Å²) >= 11 is 0. The normalized spacial score (nSPS) is 10.7. The van der Waals surface area contributed by atoms with Crippen molar-refractivity contribution >= 4 is 40.2 Å². The van der Waals surface area contributed by atoms with Gasteiger partial charge in [-0.05, 0) is 89.5 Å². The topological polar surface area (TPSA) is 15.7 Å². The van der Waals surface area contributed by atoms with E-state index in [-0.39, 0.29) is 0 Å². The highest BCUT2D eigenvalue weighted by Gasteiger charge is 2.15. The summed E-state index contributed by atoms with van der Waals surface area (Å²) in [6.07, 6.45) is 1.85. The van der Waals surface area contributed by atoms with Crippen molar-refractivity contribution in [3.8, 4) is 0 Å². The van der Waals surface area contributed by atoms with Crippen LogP contribution in [0.15, 0.2) is 170 Å². The van der Waals surface area contributed by atoms with Crippen LogP contribution in [0.25, 0.3) is 6.08 Å². The van der Waals surface area contributed by atoms with Crippen LogP contribution in [0.2, 0.25) is 0 Å². The Morgan fingerprint density at radius 2 is 0.698 bits per heavy atom. The molecule has 0 atom stereocenters. The van der Waals surface area contributed by atoms with Gasteiger partial charge in [-0.2, -0.15) is 0 Å². The highest BCUT2D eigenvalue weighted by molar-refractivity contribution is 5.81. The van der Waals surface area contributed by atoms with Crippen LogP contribution < -0.4 is 9.80 Å². The standard InChI is InChI=1S/C40H34N2O/c1-2-32-18-20-33(21-19-32)30-43-31-34-22-24-38(25-23-34)42(37-16-10-5-11-17-37)40-28-26-39(27-29-40)41(35-12-6-3-7-13-35)36-14-8-4-9-15-36/h2-29H,1,30-31H2. The van der Waals surface area contributed by atoms with Crippen LogP contribution in [0.1, 0.15) is 16.7 Å². The summed E-state index contributed by atoms with van der Waals surface area (Å²) in [4.78, 5) is 4.56. The molecule has 0 heterocycles. The molecule has 0 radical (unpaired) electrons. The minimum atomic E-state index is 0.554. The van der Waals surface area contributed by atoms with Crippen molar-refractivity contribution in [2.45, 2.75) is 13.2 Å². The fourth-order valence-electron chi connectivity index (χ4n) is 5.15. The van der Waals surface area contributed by atoms with Crippen molar-refractivity contribution < 1.29 is 4.74 Å². The Balaban J connectivity index is 1.24. The summed E-state index contributed by atoms with van der Waals surface area (Å²) in [5.41, 5.74) is 10.0. The summed E-state index contributed by atoms with van der Waals surface area (Å²) < 4.78 is 6.01. The molecule has 6 aromatic carbocycles. The molecule has 0 N–H and O–H groups in total. The second-order valence-corrected chi connectivity index (χ2v) is 10.3. The fraction of sp³-hybridized carbons (Fsp3) is 0.0500. The van der Waals surface area contributed by atoms with Crippen molar-refractivity contribution in [3.63, 3.8) is 0 Å². The van der Waals surface area contributed by atoms with Crippen LogP contribution in [0, 0.1) is 0 Å². The van der Waals surface area contributed by atoms with Crippen molar-refractivity contribution in [3.05, 3.63) is 187 Å². The number of anilines is 6. The first-order chi connectivity index (χ1) is 21.3. The lowest BCUT2D eigenvalue weighted by molar-refractivity contribution is 0.107. The van der Waals surface area contributed by atoms with E-state index in [2.05, 4.69) is 162 Å². The highest BCUT2D eigenvalue weighted by atomic mass is 16.5. The summed E-state index contributed by atoms with van der Waals surface area (Å²) in [6, 6.07) is 57.1. The molecule has 43 heavy (non-hydrogen) atoms. The third kappa shape index (κ3) is 6.75. The van der Waals surface area contributed by atoms with Gasteiger partial charge in [0.15, 0.2) is 0 Å². The quantitative estimate of drug-likeness (QED) is 0.157. The molecule has 0 spiro atoms. The van der Waals surface area contributed by atoms with E-state index >= 15 is 0 Å². The summed E-state index contributed by atoms with van der Waals surface area (Å²) in [7, 11) is 0. The zero-order valence-electron chi connectivity index (χ0n) is 24.1. The second kappa shape index (κ2) is 13.5. The number of ether oxygens (including phenoxy) is 1. The van der Waals surface area contributed by atoms with Gasteiger partial charge in [-0.15, -0.1) is 0 Å². The lowest BCUT2D eigenvalue weighted by Crippen LogP contribution is -2.12. The molecule has 0 aromatic heterocycles. The van der Waals surface area contributed by atoms with Crippen LogP contribution in [-0.4, -0.2) is 0 Å². The molecule has 0 saturated heterocycles. The molecule has 210 valence electrons. The molecule has 0 aliphatic rings. The van der Waals surface area contributed by atoms with Gasteiger partial charge in [-0.25, -0.2) is 0 Å². The van der Waals surface area contributed by atoms with Crippen LogP contribution >= 0.6 is 0 Å². The average molecular weight is 559 g/mol. The largest absolute Gasteiger partial charge is 0.372 e. The van der Waals surface area contributed by atoms with Crippen molar-refractivity contribution in [2.75, 3.05) is 9.80 Å². The first kappa shape index (κ1) is 27.8. The highest BCUT2D eigenvalue weighted by Crippen LogP contribution is 2.38. The van der Waals surface area contributed by atoms with Gasteiger partial charge in [0, 0.05) is 34.1 Å².